The van der Waals surface area contributed by atoms with Gasteiger partial charge in [0.25, 0.3) is 5.91 Å². The summed E-state index contributed by atoms with van der Waals surface area (Å²) in [5.74, 6) is -1.25. The van der Waals surface area contributed by atoms with Crippen LogP contribution in [0.15, 0.2) is 18.2 Å². The van der Waals surface area contributed by atoms with Crippen molar-refractivity contribution in [2.75, 3.05) is 11.9 Å². The third kappa shape index (κ3) is 8.85. The van der Waals surface area contributed by atoms with E-state index in [1.165, 1.54) is 0 Å². The fraction of sp³-hybridized carbons (Fsp3) is 0.526. The molecule has 0 aliphatic carbocycles. The van der Waals surface area contributed by atoms with E-state index < -0.39 is 5.97 Å². The fourth-order valence-electron chi connectivity index (χ4n) is 2.34. The SMILES string of the molecule is CC(C)(C)CC(=O)Nc1ccc(Cl)c(C(=O)NCCCCCC(=O)O)c1. The average molecular weight is 383 g/mol. The van der Waals surface area contributed by atoms with Gasteiger partial charge in [-0.15, -0.1) is 0 Å². The highest BCUT2D eigenvalue weighted by atomic mass is 35.5. The number of hydrogen-bond acceptors (Lipinski definition) is 3. The number of carbonyl (C=O) groups is 3. The number of carboxylic acid groups (broad SMARTS) is 1. The predicted octanol–water partition coefficient (Wildman–Crippen LogP) is 4.09. The molecule has 0 atom stereocenters. The Morgan fingerprint density at radius 2 is 1.81 bits per heavy atom. The molecule has 0 spiro atoms. The van der Waals surface area contributed by atoms with E-state index in [9.17, 15) is 14.4 Å². The largest absolute Gasteiger partial charge is 0.481 e. The van der Waals surface area contributed by atoms with Crippen LogP contribution in [0.1, 0.15) is 63.2 Å². The molecule has 7 heteroatoms. The predicted molar refractivity (Wildman–Crippen MR) is 103 cm³/mol. The van der Waals surface area contributed by atoms with Crippen LogP contribution in [-0.2, 0) is 9.59 Å². The second-order valence-electron chi connectivity index (χ2n) is 7.44. The summed E-state index contributed by atoms with van der Waals surface area (Å²) in [5.41, 5.74) is 0.693. The van der Waals surface area contributed by atoms with Crippen molar-refractivity contribution in [3.63, 3.8) is 0 Å². The summed E-state index contributed by atoms with van der Waals surface area (Å²) in [4.78, 5) is 34.7. The third-order valence-corrected chi connectivity index (χ3v) is 3.87. The monoisotopic (exact) mass is 382 g/mol. The normalized spacial score (nSPS) is 11.1. The Morgan fingerprint density at radius 1 is 1.12 bits per heavy atom. The lowest BCUT2D eigenvalue weighted by Crippen LogP contribution is -2.25. The number of rotatable bonds is 9. The molecule has 0 aliphatic heterocycles. The molecule has 144 valence electrons. The van der Waals surface area contributed by atoms with Crippen molar-refractivity contribution >= 4 is 35.1 Å². The Hall–Kier alpha value is -2.08. The number of aliphatic carboxylic acids is 1. The van der Waals surface area contributed by atoms with Gasteiger partial charge < -0.3 is 15.7 Å². The number of nitrogens with one attached hydrogen (secondary N) is 2. The summed E-state index contributed by atoms with van der Waals surface area (Å²) in [6, 6.07) is 4.80. The second-order valence-corrected chi connectivity index (χ2v) is 7.85. The first kappa shape index (κ1) is 22.0. The quantitative estimate of drug-likeness (QED) is 0.560. The molecule has 1 aromatic carbocycles. The van der Waals surface area contributed by atoms with Crippen LogP contribution in [0.2, 0.25) is 5.02 Å². The van der Waals surface area contributed by atoms with E-state index in [2.05, 4.69) is 10.6 Å². The maximum Gasteiger partial charge on any atom is 0.303 e. The summed E-state index contributed by atoms with van der Waals surface area (Å²) in [7, 11) is 0. The molecular weight excluding hydrogens is 356 g/mol. The topological polar surface area (TPSA) is 95.5 Å². The van der Waals surface area contributed by atoms with Crippen LogP contribution in [0.4, 0.5) is 5.69 Å². The molecule has 0 unspecified atom stereocenters. The first-order chi connectivity index (χ1) is 12.1. The zero-order valence-electron chi connectivity index (χ0n) is 15.5. The third-order valence-electron chi connectivity index (χ3n) is 3.54. The first-order valence-electron chi connectivity index (χ1n) is 8.68. The van der Waals surface area contributed by atoms with Crippen LogP contribution in [-0.4, -0.2) is 29.4 Å². The van der Waals surface area contributed by atoms with E-state index in [1.807, 2.05) is 20.8 Å². The zero-order valence-corrected chi connectivity index (χ0v) is 16.3. The summed E-state index contributed by atoms with van der Waals surface area (Å²) < 4.78 is 0. The van der Waals surface area contributed by atoms with E-state index in [4.69, 9.17) is 16.7 Å². The van der Waals surface area contributed by atoms with E-state index in [0.717, 1.165) is 6.42 Å². The van der Waals surface area contributed by atoms with Gasteiger partial charge in [0.2, 0.25) is 5.91 Å². The molecule has 0 saturated heterocycles. The Balaban J connectivity index is 2.56. The van der Waals surface area contributed by atoms with Gasteiger partial charge in [0, 0.05) is 25.1 Å². The fourth-order valence-corrected chi connectivity index (χ4v) is 2.54. The highest BCUT2D eigenvalue weighted by Gasteiger charge is 2.17. The Morgan fingerprint density at radius 3 is 2.42 bits per heavy atom. The maximum absolute atomic E-state index is 12.3. The second kappa shape index (κ2) is 10.2. The Bertz CT molecular complexity index is 653. The summed E-state index contributed by atoms with van der Waals surface area (Å²) in [6.45, 7) is 6.37. The van der Waals surface area contributed by atoms with Crippen molar-refractivity contribution in [2.24, 2.45) is 5.41 Å². The first-order valence-corrected chi connectivity index (χ1v) is 9.06. The molecule has 26 heavy (non-hydrogen) atoms. The number of amides is 2. The van der Waals surface area contributed by atoms with Gasteiger partial charge in [-0.2, -0.15) is 0 Å². The van der Waals surface area contributed by atoms with Crippen molar-refractivity contribution in [3.05, 3.63) is 28.8 Å². The highest BCUT2D eigenvalue weighted by molar-refractivity contribution is 6.34. The van der Waals surface area contributed by atoms with E-state index in [-0.39, 0.29) is 23.7 Å². The molecule has 1 rings (SSSR count). The van der Waals surface area contributed by atoms with Crippen LogP contribution in [0.5, 0.6) is 0 Å². The van der Waals surface area contributed by atoms with E-state index in [0.29, 0.717) is 42.1 Å². The van der Waals surface area contributed by atoms with Gasteiger partial charge in [0.1, 0.15) is 0 Å². The Labute approximate surface area is 159 Å². The molecular formula is C19H27ClN2O4. The average Bonchev–Trinajstić information content (AvgIpc) is 2.50. The molecule has 0 radical (unpaired) electrons. The molecule has 1 aromatic rings. The minimum atomic E-state index is -0.814. The van der Waals surface area contributed by atoms with Gasteiger partial charge in [0.15, 0.2) is 0 Å². The number of unbranched alkanes of at least 4 members (excludes halogenated alkanes) is 2. The number of carbonyl (C=O) groups excluding carboxylic acids is 2. The molecule has 0 saturated carbocycles. The minimum absolute atomic E-state index is 0.121. The van der Waals surface area contributed by atoms with Crippen LogP contribution in [0.25, 0.3) is 0 Å². The van der Waals surface area contributed by atoms with E-state index >= 15 is 0 Å². The summed E-state index contributed by atoms with van der Waals surface area (Å²) >= 11 is 6.09. The Kier molecular flexibility index (Phi) is 8.58. The molecule has 0 fully saturated rings. The number of carboxylic acids is 1. The van der Waals surface area contributed by atoms with Gasteiger partial charge >= 0.3 is 5.97 Å². The molecule has 0 aromatic heterocycles. The van der Waals surface area contributed by atoms with Crippen LogP contribution in [0, 0.1) is 5.41 Å². The molecule has 2 amide bonds. The number of hydrogen-bond donors (Lipinski definition) is 3. The minimum Gasteiger partial charge on any atom is -0.481 e. The summed E-state index contributed by atoms with van der Waals surface area (Å²) in [5, 5.41) is 14.4. The van der Waals surface area contributed by atoms with Crippen molar-refractivity contribution in [1.29, 1.82) is 0 Å². The maximum atomic E-state index is 12.3. The smallest absolute Gasteiger partial charge is 0.303 e. The van der Waals surface area contributed by atoms with Gasteiger partial charge in [-0.1, -0.05) is 38.8 Å². The van der Waals surface area contributed by atoms with Crippen molar-refractivity contribution < 1.29 is 19.5 Å². The molecule has 0 bridgehead atoms. The summed E-state index contributed by atoms with van der Waals surface area (Å²) in [6.07, 6.45) is 2.51. The standard InChI is InChI=1S/C19H27ClN2O4/c1-19(2,3)12-16(23)22-13-8-9-15(20)14(11-13)18(26)21-10-6-4-5-7-17(24)25/h8-9,11H,4-7,10,12H2,1-3H3,(H,21,26)(H,22,23)(H,24,25). The van der Waals surface area contributed by atoms with Crippen molar-refractivity contribution in [2.45, 2.75) is 52.9 Å². The number of benzene rings is 1. The van der Waals surface area contributed by atoms with Gasteiger partial charge in [-0.25, -0.2) is 0 Å². The lowest BCUT2D eigenvalue weighted by atomic mass is 9.92. The molecule has 3 N–H and O–H groups in total. The zero-order chi connectivity index (χ0) is 19.7. The molecule has 0 heterocycles. The van der Waals surface area contributed by atoms with E-state index in [1.54, 1.807) is 18.2 Å². The van der Waals surface area contributed by atoms with Crippen LogP contribution < -0.4 is 10.6 Å². The van der Waals surface area contributed by atoms with Crippen LogP contribution >= 0.6 is 11.6 Å². The van der Waals surface area contributed by atoms with Gasteiger partial charge in [-0.3, -0.25) is 14.4 Å². The number of halogens is 1. The lowest BCUT2D eigenvalue weighted by Gasteiger charge is -2.17. The van der Waals surface area contributed by atoms with Gasteiger partial charge in [-0.05, 0) is 36.5 Å². The highest BCUT2D eigenvalue weighted by Crippen LogP contribution is 2.23. The van der Waals surface area contributed by atoms with Crippen molar-refractivity contribution in [3.8, 4) is 0 Å². The van der Waals surface area contributed by atoms with Gasteiger partial charge in [0.05, 0.1) is 10.6 Å². The lowest BCUT2D eigenvalue weighted by molar-refractivity contribution is -0.137. The number of anilines is 1. The molecule has 0 aliphatic rings. The van der Waals surface area contributed by atoms with Crippen LogP contribution in [0.3, 0.4) is 0 Å². The molecule has 6 nitrogen and oxygen atoms in total. The van der Waals surface area contributed by atoms with Crippen molar-refractivity contribution in [1.82, 2.24) is 5.32 Å².